The van der Waals surface area contributed by atoms with Gasteiger partial charge in [0.1, 0.15) is 0 Å². The average molecular weight is 277 g/mol. The lowest BCUT2D eigenvalue weighted by molar-refractivity contribution is 0.350. The molecule has 2 N–H and O–H groups in total. The molecule has 0 aliphatic heterocycles. The van der Waals surface area contributed by atoms with Crippen LogP contribution < -0.4 is 15.2 Å². The van der Waals surface area contributed by atoms with Crippen LogP contribution >= 0.6 is 11.8 Å². The molecular weight excluding hydrogens is 262 g/mol. The number of nitrogen functional groups attached to an aromatic ring is 1. The molecule has 2 rings (SSSR count). The Labute approximate surface area is 116 Å². The van der Waals surface area contributed by atoms with Crippen LogP contribution in [0, 0.1) is 0 Å². The fraction of sp³-hybridized carbons (Fsp3) is 0.231. The van der Waals surface area contributed by atoms with E-state index in [4.69, 9.17) is 15.2 Å². The number of aromatic nitrogens is 2. The number of nitrogens with zero attached hydrogens (tertiary/aromatic N) is 2. The van der Waals surface area contributed by atoms with E-state index < -0.39 is 0 Å². The zero-order valence-corrected chi connectivity index (χ0v) is 11.6. The molecule has 0 aliphatic rings. The fourth-order valence-electron chi connectivity index (χ4n) is 1.62. The summed E-state index contributed by atoms with van der Waals surface area (Å²) >= 11 is 1.59. The first-order valence-electron chi connectivity index (χ1n) is 5.64. The first-order chi connectivity index (χ1) is 9.26. The summed E-state index contributed by atoms with van der Waals surface area (Å²) in [4.78, 5) is 9.26. The average Bonchev–Trinajstić information content (AvgIpc) is 2.45. The van der Waals surface area contributed by atoms with Crippen LogP contribution in [0.1, 0.15) is 5.69 Å². The Kier molecular flexibility index (Phi) is 4.46. The number of pyridine rings is 2. The lowest BCUT2D eigenvalue weighted by Crippen LogP contribution is -1.98. The highest BCUT2D eigenvalue weighted by molar-refractivity contribution is 7.98. The van der Waals surface area contributed by atoms with Crippen molar-refractivity contribution in [2.75, 3.05) is 20.0 Å². The van der Waals surface area contributed by atoms with Crippen LogP contribution in [0.25, 0.3) is 0 Å². The lowest BCUT2D eigenvalue weighted by Gasteiger charge is -2.11. The van der Waals surface area contributed by atoms with Crippen LogP contribution in [-0.2, 0) is 5.75 Å². The molecule has 0 fully saturated rings. The van der Waals surface area contributed by atoms with Crippen LogP contribution in [0.3, 0.4) is 0 Å². The Morgan fingerprint density at radius 2 is 2.05 bits per heavy atom. The third-order valence-electron chi connectivity index (χ3n) is 2.54. The molecule has 6 heteroatoms. The van der Waals surface area contributed by atoms with Gasteiger partial charge >= 0.3 is 0 Å². The van der Waals surface area contributed by atoms with Crippen LogP contribution in [0.5, 0.6) is 11.5 Å². The number of hydrogen-bond acceptors (Lipinski definition) is 6. The lowest BCUT2D eigenvalue weighted by atomic mass is 10.3. The molecule has 19 heavy (non-hydrogen) atoms. The van der Waals surface area contributed by atoms with Crippen molar-refractivity contribution in [1.29, 1.82) is 0 Å². The number of ether oxygens (including phenoxy) is 2. The topological polar surface area (TPSA) is 70.3 Å². The van der Waals surface area contributed by atoms with Crippen molar-refractivity contribution in [3.8, 4) is 11.5 Å². The zero-order valence-electron chi connectivity index (χ0n) is 10.8. The number of thioether (sulfide) groups is 1. The summed E-state index contributed by atoms with van der Waals surface area (Å²) in [6.07, 6.45) is 5.06. The Balaban J connectivity index is 2.18. The van der Waals surface area contributed by atoms with Crippen molar-refractivity contribution in [3.05, 3.63) is 36.4 Å². The molecule has 0 aliphatic carbocycles. The minimum Gasteiger partial charge on any atom is -0.493 e. The molecule has 0 aromatic carbocycles. The van der Waals surface area contributed by atoms with Crippen molar-refractivity contribution < 1.29 is 9.47 Å². The molecule has 0 amide bonds. The van der Waals surface area contributed by atoms with Gasteiger partial charge in [0, 0.05) is 29.1 Å². The molecular formula is C13H15N3O2S. The van der Waals surface area contributed by atoms with Crippen LogP contribution in [-0.4, -0.2) is 24.2 Å². The van der Waals surface area contributed by atoms with Gasteiger partial charge in [-0.25, -0.2) is 0 Å². The molecule has 100 valence electrons. The number of methoxy groups -OCH3 is 2. The van der Waals surface area contributed by atoms with Crippen molar-refractivity contribution in [2.24, 2.45) is 0 Å². The first-order valence-corrected chi connectivity index (χ1v) is 6.63. The standard InChI is InChI=1S/C13H15N3O2S/c1-17-11-3-6-16-10(13(11)18-2)8-19-12-4-5-15-7-9(12)14/h3-7H,8,14H2,1-2H3. The Morgan fingerprint density at radius 1 is 1.21 bits per heavy atom. The second kappa shape index (κ2) is 6.29. The molecule has 5 nitrogen and oxygen atoms in total. The predicted molar refractivity (Wildman–Crippen MR) is 75.6 cm³/mol. The van der Waals surface area contributed by atoms with Gasteiger partial charge in [-0.3, -0.25) is 9.97 Å². The van der Waals surface area contributed by atoms with Gasteiger partial charge in [-0.2, -0.15) is 0 Å². The third-order valence-corrected chi connectivity index (χ3v) is 3.64. The molecule has 0 unspecified atom stereocenters. The largest absolute Gasteiger partial charge is 0.493 e. The predicted octanol–water partition coefficient (Wildman–Crippen LogP) is 2.37. The van der Waals surface area contributed by atoms with Crippen molar-refractivity contribution in [2.45, 2.75) is 10.6 Å². The highest BCUT2D eigenvalue weighted by Gasteiger charge is 2.11. The molecule has 2 aromatic rings. The van der Waals surface area contributed by atoms with E-state index >= 15 is 0 Å². The van der Waals surface area contributed by atoms with Crippen LogP contribution in [0.4, 0.5) is 5.69 Å². The number of hydrogen-bond donors (Lipinski definition) is 1. The second-order valence-corrected chi connectivity index (χ2v) is 4.71. The van der Waals surface area contributed by atoms with E-state index in [0.29, 0.717) is 22.9 Å². The van der Waals surface area contributed by atoms with Crippen LogP contribution in [0.15, 0.2) is 35.6 Å². The normalized spacial score (nSPS) is 10.2. The van der Waals surface area contributed by atoms with E-state index in [9.17, 15) is 0 Å². The van der Waals surface area contributed by atoms with E-state index in [1.54, 1.807) is 50.6 Å². The Hall–Kier alpha value is -1.95. The SMILES string of the molecule is COc1ccnc(CSc2ccncc2N)c1OC. The minimum absolute atomic E-state index is 0.647. The van der Waals surface area contributed by atoms with E-state index in [0.717, 1.165) is 10.6 Å². The van der Waals surface area contributed by atoms with Gasteiger partial charge in [-0.15, -0.1) is 11.8 Å². The molecule has 0 saturated heterocycles. The molecule has 2 aromatic heterocycles. The Bertz CT molecular complexity index is 563. The smallest absolute Gasteiger partial charge is 0.183 e. The monoisotopic (exact) mass is 277 g/mol. The molecule has 0 radical (unpaired) electrons. The number of rotatable bonds is 5. The third kappa shape index (κ3) is 3.08. The van der Waals surface area contributed by atoms with Crippen molar-refractivity contribution >= 4 is 17.4 Å². The summed E-state index contributed by atoms with van der Waals surface area (Å²) in [5, 5.41) is 0. The minimum atomic E-state index is 0.647. The summed E-state index contributed by atoms with van der Waals surface area (Å²) in [7, 11) is 3.21. The maximum Gasteiger partial charge on any atom is 0.183 e. The van der Waals surface area contributed by atoms with Gasteiger partial charge in [-0.1, -0.05) is 0 Å². The number of nitrogens with two attached hydrogens (primary N) is 1. The van der Waals surface area contributed by atoms with Gasteiger partial charge in [0.2, 0.25) is 0 Å². The summed E-state index contributed by atoms with van der Waals surface area (Å²) in [6, 6.07) is 3.65. The molecule has 0 spiro atoms. The van der Waals surface area contributed by atoms with Gasteiger partial charge < -0.3 is 15.2 Å². The number of anilines is 1. The van der Waals surface area contributed by atoms with Gasteiger partial charge in [-0.05, 0) is 6.07 Å². The molecule has 0 saturated carbocycles. The zero-order chi connectivity index (χ0) is 13.7. The molecule has 0 bridgehead atoms. The fourth-order valence-corrected chi connectivity index (χ4v) is 2.50. The quantitative estimate of drug-likeness (QED) is 0.846. The molecule has 0 atom stereocenters. The van der Waals surface area contributed by atoms with Crippen molar-refractivity contribution in [1.82, 2.24) is 9.97 Å². The highest BCUT2D eigenvalue weighted by atomic mass is 32.2. The summed E-state index contributed by atoms with van der Waals surface area (Å²) < 4.78 is 10.6. The molecule has 2 heterocycles. The van der Waals surface area contributed by atoms with E-state index in [1.165, 1.54) is 0 Å². The summed E-state index contributed by atoms with van der Waals surface area (Å²) in [6.45, 7) is 0. The first kappa shape index (κ1) is 13.5. The maximum absolute atomic E-state index is 5.85. The van der Waals surface area contributed by atoms with Crippen molar-refractivity contribution in [3.63, 3.8) is 0 Å². The Morgan fingerprint density at radius 3 is 2.74 bits per heavy atom. The van der Waals surface area contributed by atoms with Gasteiger partial charge in [0.25, 0.3) is 0 Å². The maximum atomic E-state index is 5.85. The highest BCUT2D eigenvalue weighted by Crippen LogP contribution is 2.34. The summed E-state index contributed by atoms with van der Waals surface area (Å²) in [5.74, 6) is 1.98. The van der Waals surface area contributed by atoms with Gasteiger partial charge in [0.05, 0.1) is 31.8 Å². The van der Waals surface area contributed by atoms with Crippen LogP contribution in [0.2, 0.25) is 0 Å². The van der Waals surface area contributed by atoms with E-state index in [-0.39, 0.29) is 0 Å². The second-order valence-electron chi connectivity index (χ2n) is 3.70. The van der Waals surface area contributed by atoms with E-state index in [2.05, 4.69) is 9.97 Å². The van der Waals surface area contributed by atoms with E-state index in [1.807, 2.05) is 6.07 Å². The summed E-state index contributed by atoms with van der Waals surface area (Å²) in [5.41, 5.74) is 7.34. The van der Waals surface area contributed by atoms with Gasteiger partial charge in [0.15, 0.2) is 11.5 Å².